The highest BCUT2D eigenvalue weighted by Gasteiger charge is 2.20. The molecule has 0 spiro atoms. The van der Waals surface area contributed by atoms with Gasteiger partial charge in [0.1, 0.15) is 5.01 Å². The van der Waals surface area contributed by atoms with Gasteiger partial charge in [0.05, 0.1) is 12.1 Å². The summed E-state index contributed by atoms with van der Waals surface area (Å²) >= 11 is 1.75. The number of thiazole rings is 1. The minimum absolute atomic E-state index is 0.239. The van der Waals surface area contributed by atoms with E-state index in [1.165, 1.54) is 23.4 Å². The second kappa shape index (κ2) is 5.36. The summed E-state index contributed by atoms with van der Waals surface area (Å²) in [4.78, 5) is 20.2. The minimum atomic E-state index is 0.239. The highest BCUT2D eigenvalue weighted by Crippen LogP contribution is 2.27. The van der Waals surface area contributed by atoms with Gasteiger partial charge in [0.15, 0.2) is 0 Å². The number of nitrogens with one attached hydrogen (secondary N) is 1. The average molecular weight is 265 g/mol. The monoisotopic (exact) mass is 265 g/mol. The first-order valence-electron chi connectivity index (χ1n) is 6.79. The smallest absolute Gasteiger partial charge is 0.229 e. The summed E-state index contributed by atoms with van der Waals surface area (Å²) < 4.78 is 0. The number of carbonyl (C=O) groups is 1. The average Bonchev–Trinajstić information content (AvgIpc) is 2.82. The van der Waals surface area contributed by atoms with E-state index in [4.69, 9.17) is 0 Å². The first kappa shape index (κ1) is 12.1. The lowest BCUT2D eigenvalue weighted by Gasteiger charge is -2.27. The number of aryl methyl sites for hydroxylation is 2. The van der Waals surface area contributed by atoms with Crippen molar-refractivity contribution in [1.82, 2.24) is 15.2 Å². The lowest BCUT2D eigenvalue weighted by Crippen LogP contribution is -2.46. The van der Waals surface area contributed by atoms with E-state index in [2.05, 4.69) is 10.3 Å². The van der Waals surface area contributed by atoms with Crippen LogP contribution in [0.3, 0.4) is 0 Å². The van der Waals surface area contributed by atoms with Gasteiger partial charge in [-0.15, -0.1) is 11.3 Å². The second-order valence-corrected chi connectivity index (χ2v) is 6.16. The maximum Gasteiger partial charge on any atom is 0.229 e. The van der Waals surface area contributed by atoms with Crippen molar-refractivity contribution in [3.63, 3.8) is 0 Å². The first-order chi connectivity index (χ1) is 8.83. The van der Waals surface area contributed by atoms with Gasteiger partial charge in [-0.3, -0.25) is 4.79 Å². The molecule has 2 aliphatic rings. The van der Waals surface area contributed by atoms with Crippen molar-refractivity contribution in [2.75, 3.05) is 26.2 Å². The van der Waals surface area contributed by atoms with E-state index in [9.17, 15) is 4.79 Å². The van der Waals surface area contributed by atoms with E-state index in [0.717, 1.165) is 44.0 Å². The van der Waals surface area contributed by atoms with E-state index in [-0.39, 0.29) is 5.91 Å². The lowest BCUT2D eigenvalue weighted by molar-refractivity contribution is -0.131. The van der Waals surface area contributed by atoms with Crippen molar-refractivity contribution in [1.29, 1.82) is 0 Å². The number of fused-ring (bicyclic) bond motifs is 1. The van der Waals surface area contributed by atoms with E-state index in [1.807, 2.05) is 4.90 Å². The largest absolute Gasteiger partial charge is 0.340 e. The molecule has 1 aromatic heterocycles. The molecule has 1 aliphatic heterocycles. The normalized spacial score (nSPS) is 19.7. The van der Waals surface area contributed by atoms with Crippen LogP contribution in [0.4, 0.5) is 0 Å². The molecule has 0 unspecified atom stereocenters. The van der Waals surface area contributed by atoms with Gasteiger partial charge in [0.25, 0.3) is 0 Å². The van der Waals surface area contributed by atoms with Crippen LogP contribution in [0.15, 0.2) is 0 Å². The molecule has 0 radical (unpaired) electrons. The molecule has 18 heavy (non-hydrogen) atoms. The molecular formula is C13H19N3OS. The Morgan fingerprint density at radius 3 is 2.83 bits per heavy atom. The number of aromatic nitrogens is 1. The van der Waals surface area contributed by atoms with Crippen LogP contribution in [0.1, 0.15) is 28.4 Å². The zero-order chi connectivity index (χ0) is 12.4. The highest BCUT2D eigenvalue weighted by atomic mass is 32.1. The lowest BCUT2D eigenvalue weighted by atomic mass is 10.0. The van der Waals surface area contributed by atoms with E-state index in [0.29, 0.717) is 6.42 Å². The number of amides is 1. The summed E-state index contributed by atoms with van der Waals surface area (Å²) in [6.07, 6.45) is 5.29. The van der Waals surface area contributed by atoms with E-state index >= 15 is 0 Å². The van der Waals surface area contributed by atoms with Gasteiger partial charge in [-0.1, -0.05) is 0 Å². The number of piperazine rings is 1. The zero-order valence-corrected chi connectivity index (χ0v) is 11.4. The Kier molecular flexibility index (Phi) is 3.61. The standard InChI is InChI=1S/C13H19N3OS/c17-13(16-7-5-14-6-8-16)9-12-15-10-3-1-2-4-11(10)18-12/h14H,1-9H2. The Balaban J connectivity index is 1.64. The Labute approximate surface area is 111 Å². The van der Waals surface area contributed by atoms with E-state index < -0.39 is 0 Å². The number of nitrogens with zero attached hydrogens (tertiary/aromatic N) is 2. The van der Waals surface area contributed by atoms with Gasteiger partial charge in [-0.2, -0.15) is 0 Å². The molecule has 0 bridgehead atoms. The van der Waals surface area contributed by atoms with Crippen LogP contribution in [0.2, 0.25) is 0 Å². The van der Waals surface area contributed by atoms with Gasteiger partial charge in [-0.05, 0) is 25.7 Å². The van der Waals surface area contributed by atoms with Crippen molar-refractivity contribution in [2.24, 2.45) is 0 Å². The molecule has 0 aromatic carbocycles. The van der Waals surface area contributed by atoms with Crippen LogP contribution in [-0.4, -0.2) is 42.0 Å². The van der Waals surface area contributed by atoms with Gasteiger partial charge in [0.2, 0.25) is 5.91 Å². The fourth-order valence-electron chi connectivity index (χ4n) is 2.64. The maximum atomic E-state index is 12.1. The van der Waals surface area contributed by atoms with Crippen LogP contribution in [0.25, 0.3) is 0 Å². The SMILES string of the molecule is O=C(Cc1nc2c(s1)CCCC2)N1CCNCC1. The summed E-state index contributed by atoms with van der Waals surface area (Å²) in [6, 6.07) is 0. The number of hydrogen-bond acceptors (Lipinski definition) is 4. The topological polar surface area (TPSA) is 45.2 Å². The molecule has 1 fully saturated rings. The van der Waals surface area contributed by atoms with Crippen molar-refractivity contribution in [2.45, 2.75) is 32.1 Å². The molecule has 98 valence electrons. The molecule has 1 aromatic rings. The van der Waals surface area contributed by atoms with Crippen molar-refractivity contribution >= 4 is 17.2 Å². The quantitative estimate of drug-likeness (QED) is 0.867. The summed E-state index contributed by atoms with van der Waals surface area (Å²) in [6.45, 7) is 3.51. The predicted molar refractivity (Wildman–Crippen MR) is 71.9 cm³/mol. The van der Waals surface area contributed by atoms with Crippen molar-refractivity contribution < 1.29 is 4.79 Å². The molecular weight excluding hydrogens is 246 g/mol. The Morgan fingerprint density at radius 1 is 1.28 bits per heavy atom. The summed E-state index contributed by atoms with van der Waals surface area (Å²) in [5.41, 5.74) is 1.26. The van der Waals surface area contributed by atoms with Crippen LogP contribution >= 0.6 is 11.3 Å². The Bertz CT molecular complexity index is 414. The molecule has 1 N–H and O–H groups in total. The minimum Gasteiger partial charge on any atom is -0.340 e. The third-order valence-electron chi connectivity index (χ3n) is 3.66. The molecule has 2 heterocycles. The summed E-state index contributed by atoms with van der Waals surface area (Å²) in [5.74, 6) is 0.239. The van der Waals surface area contributed by atoms with Gasteiger partial charge < -0.3 is 10.2 Å². The second-order valence-electron chi connectivity index (χ2n) is 4.99. The first-order valence-corrected chi connectivity index (χ1v) is 7.60. The summed E-state index contributed by atoms with van der Waals surface area (Å²) in [5, 5.41) is 4.29. The Morgan fingerprint density at radius 2 is 2.06 bits per heavy atom. The molecule has 0 saturated carbocycles. The number of rotatable bonds is 2. The predicted octanol–water partition coefficient (Wildman–Crippen LogP) is 0.996. The van der Waals surface area contributed by atoms with Crippen LogP contribution in [-0.2, 0) is 24.1 Å². The molecule has 1 aliphatic carbocycles. The molecule has 0 atom stereocenters. The third-order valence-corrected chi connectivity index (χ3v) is 4.82. The molecule has 1 amide bonds. The van der Waals surface area contributed by atoms with E-state index in [1.54, 1.807) is 11.3 Å². The van der Waals surface area contributed by atoms with Gasteiger partial charge >= 0.3 is 0 Å². The van der Waals surface area contributed by atoms with Gasteiger partial charge in [-0.25, -0.2) is 4.98 Å². The van der Waals surface area contributed by atoms with Gasteiger partial charge in [0, 0.05) is 31.1 Å². The fraction of sp³-hybridized carbons (Fsp3) is 0.692. The zero-order valence-electron chi connectivity index (χ0n) is 10.6. The number of hydrogen-bond donors (Lipinski definition) is 1. The van der Waals surface area contributed by atoms with Crippen LogP contribution in [0.5, 0.6) is 0 Å². The number of carbonyl (C=O) groups excluding carboxylic acids is 1. The third kappa shape index (κ3) is 2.57. The highest BCUT2D eigenvalue weighted by molar-refractivity contribution is 7.11. The molecule has 5 heteroatoms. The van der Waals surface area contributed by atoms with Crippen LogP contribution < -0.4 is 5.32 Å². The molecule has 3 rings (SSSR count). The molecule has 4 nitrogen and oxygen atoms in total. The summed E-state index contributed by atoms with van der Waals surface area (Å²) in [7, 11) is 0. The molecule has 1 saturated heterocycles. The van der Waals surface area contributed by atoms with Crippen molar-refractivity contribution in [3.8, 4) is 0 Å². The maximum absolute atomic E-state index is 12.1. The van der Waals surface area contributed by atoms with Crippen LogP contribution in [0, 0.1) is 0 Å². The Hall–Kier alpha value is -0.940. The van der Waals surface area contributed by atoms with Crippen molar-refractivity contribution in [3.05, 3.63) is 15.6 Å². The fourth-order valence-corrected chi connectivity index (χ4v) is 3.78.